The fourth-order valence-corrected chi connectivity index (χ4v) is 3.04. The maximum atomic E-state index is 10.4. The topological polar surface area (TPSA) is 41.9 Å². The Hall–Kier alpha value is -1.26. The third-order valence-electron chi connectivity index (χ3n) is 4.46. The summed E-state index contributed by atoms with van der Waals surface area (Å²) in [6.07, 6.45) is 0.779. The third-order valence-corrected chi connectivity index (χ3v) is 4.46. The van der Waals surface area contributed by atoms with Gasteiger partial charge >= 0.3 is 0 Å². The monoisotopic (exact) mass is 277 g/mol. The van der Waals surface area contributed by atoms with E-state index in [1.54, 1.807) is 0 Å². The van der Waals surface area contributed by atoms with Crippen LogP contribution >= 0.6 is 0 Å². The molecule has 4 heteroatoms. The van der Waals surface area contributed by atoms with Crippen LogP contribution in [0.3, 0.4) is 0 Å². The highest BCUT2D eigenvalue weighted by Gasteiger charge is 2.27. The fourth-order valence-electron chi connectivity index (χ4n) is 3.04. The van der Waals surface area contributed by atoms with Crippen LogP contribution in [0.1, 0.15) is 31.9 Å². The van der Waals surface area contributed by atoms with Crippen LogP contribution in [-0.2, 0) is 0 Å². The van der Waals surface area contributed by atoms with Crippen molar-refractivity contribution in [3.63, 3.8) is 0 Å². The zero-order valence-electron chi connectivity index (χ0n) is 12.2. The minimum Gasteiger partial charge on any atom is -0.454 e. The highest BCUT2D eigenvalue weighted by Crippen LogP contribution is 2.34. The van der Waals surface area contributed by atoms with Crippen molar-refractivity contribution in [3.8, 4) is 11.5 Å². The van der Waals surface area contributed by atoms with Gasteiger partial charge in [0.15, 0.2) is 11.5 Å². The summed E-state index contributed by atoms with van der Waals surface area (Å²) in [5.74, 6) is 2.99. The summed E-state index contributed by atoms with van der Waals surface area (Å²) in [5, 5.41) is 10.4. The molecule has 1 aromatic rings. The van der Waals surface area contributed by atoms with Crippen LogP contribution in [0.25, 0.3) is 0 Å². The van der Waals surface area contributed by atoms with Crippen LogP contribution in [0.4, 0.5) is 0 Å². The molecule has 0 spiro atoms. The number of aliphatic hydroxyl groups excluding tert-OH is 1. The molecular weight excluding hydrogens is 254 g/mol. The van der Waals surface area contributed by atoms with Crippen LogP contribution in [0.2, 0.25) is 0 Å². The number of fused-ring (bicyclic) bond motifs is 1. The van der Waals surface area contributed by atoms with Crippen LogP contribution in [0, 0.1) is 11.8 Å². The van der Waals surface area contributed by atoms with Gasteiger partial charge in [0.05, 0.1) is 6.10 Å². The number of β-amino-alcohol motifs (C(OH)–C–C–N with tert-alkyl or cyclic N) is 1. The molecule has 2 unspecified atom stereocenters. The summed E-state index contributed by atoms with van der Waals surface area (Å²) >= 11 is 0. The van der Waals surface area contributed by atoms with Crippen LogP contribution in [-0.4, -0.2) is 36.4 Å². The SMILES string of the molecule is CC(C)C1CCN(CC(O)c2ccc3c(c2)OCO3)C1. The molecule has 2 aliphatic heterocycles. The summed E-state index contributed by atoms with van der Waals surface area (Å²) in [6, 6.07) is 5.69. The lowest BCUT2D eigenvalue weighted by Crippen LogP contribution is -2.27. The highest BCUT2D eigenvalue weighted by molar-refractivity contribution is 5.45. The molecule has 0 amide bonds. The molecule has 0 aliphatic carbocycles. The Morgan fingerprint density at radius 1 is 1.30 bits per heavy atom. The van der Waals surface area contributed by atoms with Gasteiger partial charge in [-0.25, -0.2) is 0 Å². The number of benzene rings is 1. The summed E-state index contributed by atoms with van der Waals surface area (Å²) < 4.78 is 10.7. The quantitative estimate of drug-likeness (QED) is 0.918. The second-order valence-electron chi connectivity index (χ2n) is 6.18. The van der Waals surface area contributed by atoms with Gasteiger partial charge in [0.1, 0.15) is 0 Å². The van der Waals surface area contributed by atoms with E-state index >= 15 is 0 Å². The molecule has 2 heterocycles. The average molecular weight is 277 g/mol. The summed E-state index contributed by atoms with van der Waals surface area (Å²) in [6.45, 7) is 7.72. The van der Waals surface area contributed by atoms with Crippen molar-refractivity contribution < 1.29 is 14.6 Å². The molecular formula is C16H23NO3. The van der Waals surface area contributed by atoms with E-state index in [0.29, 0.717) is 6.54 Å². The number of hydrogen-bond acceptors (Lipinski definition) is 4. The first-order valence-electron chi connectivity index (χ1n) is 7.43. The standard InChI is InChI=1S/C16H23NO3/c1-11(2)13-5-6-17(8-13)9-14(18)12-3-4-15-16(7-12)20-10-19-15/h3-4,7,11,13-14,18H,5-6,8-10H2,1-2H3. The zero-order chi connectivity index (χ0) is 14.1. The van der Waals surface area contributed by atoms with Crippen molar-refractivity contribution in [2.75, 3.05) is 26.4 Å². The molecule has 0 radical (unpaired) electrons. The first-order valence-corrected chi connectivity index (χ1v) is 7.43. The molecule has 2 aliphatic rings. The Morgan fingerprint density at radius 2 is 2.10 bits per heavy atom. The predicted octanol–water partition coefficient (Wildman–Crippen LogP) is 2.43. The Morgan fingerprint density at radius 3 is 2.85 bits per heavy atom. The van der Waals surface area contributed by atoms with Gasteiger partial charge in [-0.2, -0.15) is 0 Å². The number of nitrogens with zero attached hydrogens (tertiary/aromatic N) is 1. The number of likely N-dealkylation sites (tertiary alicyclic amines) is 1. The van der Waals surface area contributed by atoms with E-state index in [0.717, 1.165) is 42.0 Å². The molecule has 1 fully saturated rings. The third kappa shape index (κ3) is 2.76. The molecule has 110 valence electrons. The van der Waals surface area contributed by atoms with E-state index in [-0.39, 0.29) is 6.79 Å². The van der Waals surface area contributed by atoms with Crippen molar-refractivity contribution in [1.29, 1.82) is 0 Å². The van der Waals surface area contributed by atoms with E-state index in [2.05, 4.69) is 18.7 Å². The average Bonchev–Trinajstić information content (AvgIpc) is 3.05. The lowest BCUT2D eigenvalue weighted by molar-refractivity contribution is 0.122. The lowest BCUT2D eigenvalue weighted by Gasteiger charge is -2.21. The number of aliphatic hydroxyl groups is 1. The van der Waals surface area contributed by atoms with Crippen molar-refractivity contribution in [2.24, 2.45) is 11.8 Å². The molecule has 1 aromatic carbocycles. The Balaban J connectivity index is 1.61. The van der Waals surface area contributed by atoms with Gasteiger partial charge in [0, 0.05) is 13.1 Å². The molecule has 0 aromatic heterocycles. The van der Waals surface area contributed by atoms with Crippen LogP contribution < -0.4 is 9.47 Å². The maximum absolute atomic E-state index is 10.4. The van der Waals surface area contributed by atoms with Gasteiger partial charge in [-0.3, -0.25) is 0 Å². The molecule has 1 N–H and O–H groups in total. The van der Waals surface area contributed by atoms with E-state index < -0.39 is 6.10 Å². The van der Waals surface area contributed by atoms with Gasteiger partial charge < -0.3 is 19.5 Å². The van der Waals surface area contributed by atoms with Gasteiger partial charge in [-0.15, -0.1) is 0 Å². The molecule has 3 rings (SSSR count). The van der Waals surface area contributed by atoms with Crippen LogP contribution in [0.15, 0.2) is 18.2 Å². The van der Waals surface area contributed by atoms with E-state index in [9.17, 15) is 5.11 Å². The summed E-state index contributed by atoms with van der Waals surface area (Å²) in [4.78, 5) is 2.36. The first kappa shape index (κ1) is 13.7. The molecule has 4 nitrogen and oxygen atoms in total. The predicted molar refractivity (Wildman–Crippen MR) is 76.9 cm³/mol. The Kier molecular flexibility index (Phi) is 3.85. The summed E-state index contributed by atoms with van der Waals surface area (Å²) in [5.41, 5.74) is 0.905. The Labute approximate surface area is 120 Å². The van der Waals surface area contributed by atoms with Gasteiger partial charge in [-0.05, 0) is 42.5 Å². The lowest BCUT2D eigenvalue weighted by atomic mass is 9.95. The zero-order valence-corrected chi connectivity index (χ0v) is 12.2. The summed E-state index contributed by atoms with van der Waals surface area (Å²) in [7, 11) is 0. The highest BCUT2D eigenvalue weighted by atomic mass is 16.7. The molecule has 0 saturated carbocycles. The van der Waals surface area contributed by atoms with Gasteiger partial charge in [-0.1, -0.05) is 19.9 Å². The van der Waals surface area contributed by atoms with Crippen molar-refractivity contribution in [1.82, 2.24) is 4.90 Å². The molecule has 2 atom stereocenters. The fraction of sp³-hybridized carbons (Fsp3) is 0.625. The largest absolute Gasteiger partial charge is 0.454 e. The molecule has 0 bridgehead atoms. The number of ether oxygens (including phenoxy) is 2. The minimum atomic E-state index is -0.463. The second kappa shape index (κ2) is 5.62. The van der Waals surface area contributed by atoms with E-state index in [1.165, 1.54) is 6.42 Å². The number of rotatable bonds is 4. The molecule has 20 heavy (non-hydrogen) atoms. The van der Waals surface area contributed by atoms with Crippen molar-refractivity contribution in [3.05, 3.63) is 23.8 Å². The number of hydrogen-bond donors (Lipinski definition) is 1. The van der Waals surface area contributed by atoms with Gasteiger partial charge in [0.25, 0.3) is 0 Å². The van der Waals surface area contributed by atoms with E-state index in [1.807, 2.05) is 18.2 Å². The first-order chi connectivity index (χ1) is 9.63. The van der Waals surface area contributed by atoms with Crippen molar-refractivity contribution >= 4 is 0 Å². The second-order valence-corrected chi connectivity index (χ2v) is 6.18. The molecule has 1 saturated heterocycles. The van der Waals surface area contributed by atoms with Crippen molar-refractivity contribution in [2.45, 2.75) is 26.4 Å². The van der Waals surface area contributed by atoms with Crippen LogP contribution in [0.5, 0.6) is 11.5 Å². The van der Waals surface area contributed by atoms with Gasteiger partial charge in [0.2, 0.25) is 6.79 Å². The van der Waals surface area contributed by atoms with E-state index in [4.69, 9.17) is 9.47 Å². The minimum absolute atomic E-state index is 0.275. The maximum Gasteiger partial charge on any atom is 0.231 e. The normalized spacial score (nSPS) is 23.5. The smallest absolute Gasteiger partial charge is 0.231 e. The Bertz CT molecular complexity index is 475.